The molecule has 6 nitrogen and oxygen atoms in total. The van der Waals surface area contributed by atoms with E-state index in [1.54, 1.807) is 29.5 Å². The van der Waals surface area contributed by atoms with E-state index in [1.165, 1.54) is 0 Å². The lowest BCUT2D eigenvalue weighted by Crippen LogP contribution is -2.26. The van der Waals surface area contributed by atoms with Crippen molar-refractivity contribution in [3.05, 3.63) is 71.9 Å². The summed E-state index contributed by atoms with van der Waals surface area (Å²) in [5.74, 6) is 0.604. The molecule has 1 aliphatic rings. The quantitative estimate of drug-likeness (QED) is 0.348. The van der Waals surface area contributed by atoms with Crippen LogP contribution in [0.25, 0.3) is 31.8 Å². The van der Waals surface area contributed by atoms with Crippen LogP contribution in [0.3, 0.4) is 0 Å². The minimum atomic E-state index is -0.00973. The van der Waals surface area contributed by atoms with Crippen LogP contribution in [-0.2, 0) is 4.74 Å². The highest BCUT2D eigenvalue weighted by atomic mass is 32.1. The SMILES string of the molecule is CCN(C)C(=O)c1ccc(-c2cc3nccc(-c4ccc(OC5CCOC5)c(C#N)c4)c3s2)cc1. The average molecular weight is 484 g/mol. The Morgan fingerprint density at radius 2 is 2.00 bits per heavy atom. The van der Waals surface area contributed by atoms with Crippen LogP contribution in [-0.4, -0.2) is 48.7 Å². The van der Waals surface area contributed by atoms with Crippen molar-refractivity contribution >= 4 is 27.5 Å². The van der Waals surface area contributed by atoms with Crippen LogP contribution in [0.15, 0.2) is 60.8 Å². The molecule has 1 unspecified atom stereocenters. The summed E-state index contributed by atoms with van der Waals surface area (Å²) in [5.41, 5.74) is 5.09. The molecule has 5 rings (SSSR count). The molecule has 3 heterocycles. The van der Waals surface area contributed by atoms with Crippen LogP contribution >= 0.6 is 11.3 Å². The third-order valence-corrected chi connectivity index (χ3v) is 7.45. The first-order valence-corrected chi connectivity index (χ1v) is 12.4. The fourth-order valence-electron chi connectivity index (χ4n) is 4.12. The van der Waals surface area contributed by atoms with Gasteiger partial charge in [0, 0.05) is 42.2 Å². The molecule has 2 aromatic carbocycles. The maximum atomic E-state index is 12.4. The summed E-state index contributed by atoms with van der Waals surface area (Å²) in [4.78, 5) is 19.8. The highest BCUT2D eigenvalue weighted by molar-refractivity contribution is 7.22. The fourth-order valence-corrected chi connectivity index (χ4v) is 5.28. The van der Waals surface area contributed by atoms with Gasteiger partial charge >= 0.3 is 0 Å². The normalized spacial score (nSPS) is 15.2. The predicted molar refractivity (Wildman–Crippen MR) is 138 cm³/mol. The fraction of sp³-hybridized carbons (Fsp3) is 0.250. The van der Waals surface area contributed by atoms with E-state index in [0.29, 0.717) is 36.6 Å². The van der Waals surface area contributed by atoms with E-state index in [9.17, 15) is 10.1 Å². The van der Waals surface area contributed by atoms with Gasteiger partial charge in [0.1, 0.15) is 17.9 Å². The molecular weight excluding hydrogens is 458 g/mol. The van der Waals surface area contributed by atoms with Crippen molar-refractivity contribution in [2.45, 2.75) is 19.4 Å². The summed E-state index contributed by atoms with van der Waals surface area (Å²) in [6, 6.07) is 19.8. The molecular formula is C28H25N3O3S. The van der Waals surface area contributed by atoms with E-state index in [4.69, 9.17) is 9.47 Å². The van der Waals surface area contributed by atoms with Crippen molar-refractivity contribution in [1.82, 2.24) is 9.88 Å². The van der Waals surface area contributed by atoms with Gasteiger partial charge in [0.25, 0.3) is 5.91 Å². The number of nitriles is 1. The standard InChI is InChI=1S/C28H25N3O3S/c1-3-31(2)28(32)19-6-4-18(5-7-19)26-15-24-27(35-26)23(10-12-30-24)20-8-9-25(21(14-20)16-29)34-22-11-13-33-17-22/h4-10,12,14-15,22H,3,11,13,17H2,1-2H3. The summed E-state index contributed by atoms with van der Waals surface area (Å²) in [7, 11) is 1.80. The van der Waals surface area contributed by atoms with E-state index >= 15 is 0 Å². The molecule has 0 radical (unpaired) electrons. The summed E-state index contributed by atoms with van der Waals surface area (Å²) >= 11 is 1.65. The zero-order valence-corrected chi connectivity index (χ0v) is 20.5. The number of hydrogen-bond donors (Lipinski definition) is 0. The van der Waals surface area contributed by atoms with Gasteiger partial charge in [0.2, 0.25) is 0 Å². The van der Waals surface area contributed by atoms with Crippen molar-refractivity contribution in [2.24, 2.45) is 0 Å². The maximum Gasteiger partial charge on any atom is 0.253 e. The van der Waals surface area contributed by atoms with E-state index in [2.05, 4.69) is 17.1 Å². The number of amides is 1. The highest BCUT2D eigenvalue weighted by Crippen LogP contribution is 2.39. The van der Waals surface area contributed by atoms with Gasteiger partial charge in [0.05, 0.1) is 29.0 Å². The first-order valence-electron chi connectivity index (χ1n) is 11.6. The average Bonchev–Trinajstić information content (AvgIpc) is 3.58. The largest absolute Gasteiger partial charge is 0.487 e. The minimum Gasteiger partial charge on any atom is -0.487 e. The number of rotatable bonds is 6. The van der Waals surface area contributed by atoms with Gasteiger partial charge < -0.3 is 14.4 Å². The number of nitrogens with zero attached hydrogens (tertiary/aromatic N) is 3. The molecule has 0 spiro atoms. The molecule has 1 amide bonds. The molecule has 1 fully saturated rings. The predicted octanol–water partition coefficient (Wildman–Crippen LogP) is 5.76. The molecule has 176 valence electrons. The van der Waals surface area contributed by atoms with Gasteiger partial charge in [-0.15, -0.1) is 11.3 Å². The third-order valence-electron chi connectivity index (χ3n) is 6.24. The molecule has 7 heteroatoms. The van der Waals surface area contributed by atoms with Gasteiger partial charge in [-0.3, -0.25) is 9.78 Å². The van der Waals surface area contributed by atoms with Gasteiger partial charge in [-0.2, -0.15) is 5.26 Å². The lowest BCUT2D eigenvalue weighted by molar-refractivity contribution is 0.0802. The van der Waals surface area contributed by atoms with Crippen LogP contribution in [0.2, 0.25) is 0 Å². The van der Waals surface area contributed by atoms with Gasteiger partial charge in [-0.05, 0) is 54.4 Å². The monoisotopic (exact) mass is 483 g/mol. The van der Waals surface area contributed by atoms with Crippen LogP contribution in [0.4, 0.5) is 0 Å². The maximum absolute atomic E-state index is 12.4. The molecule has 1 aliphatic heterocycles. The van der Waals surface area contributed by atoms with Crippen molar-refractivity contribution in [2.75, 3.05) is 26.8 Å². The van der Waals surface area contributed by atoms with E-state index in [-0.39, 0.29) is 12.0 Å². The number of carbonyl (C=O) groups excluding carboxylic acids is 1. The smallest absolute Gasteiger partial charge is 0.253 e. The topological polar surface area (TPSA) is 75.5 Å². The lowest BCUT2D eigenvalue weighted by Gasteiger charge is -2.14. The van der Waals surface area contributed by atoms with Gasteiger partial charge in [-0.25, -0.2) is 0 Å². The molecule has 1 atom stereocenters. The molecule has 0 saturated carbocycles. The Morgan fingerprint density at radius 1 is 1.20 bits per heavy atom. The van der Waals surface area contributed by atoms with Gasteiger partial charge in [-0.1, -0.05) is 18.2 Å². The number of fused-ring (bicyclic) bond motifs is 1. The second-order valence-corrected chi connectivity index (χ2v) is 9.56. The Balaban J connectivity index is 1.46. The number of benzene rings is 2. The summed E-state index contributed by atoms with van der Waals surface area (Å²) < 4.78 is 12.4. The van der Waals surface area contributed by atoms with Crippen LogP contribution < -0.4 is 4.74 Å². The Morgan fingerprint density at radius 3 is 2.71 bits per heavy atom. The first kappa shape index (κ1) is 23.0. The zero-order valence-electron chi connectivity index (χ0n) is 19.7. The van der Waals surface area contributed by atoms with E-state index < -0.39 is 0 Å². The van der Waals surface area contributed by atoms with Crippen molar-refractivity contribution in [1.29, 1.82) is 5.26 Å². The Hall–Kier alpha value is -3.73. The number of pyridine rings is 1. The Bertz CT molecular complexity index is 1420. The highest BCUT2D eigenvalue weighted by Gasteiger charge is 2.20. The molecule has 35 heavy (non-hydrogen) atoms. The third kappa shape index (κ3) is 4.63. The molecule has 1 saturated heterocycles. The molecule has 0 N–H and O–H groups in total. The van der Waals surface area contributed by atoms with Crippen molar-refractivity contribution in [3.63, 3.8) is 0 Å². The lowest BCUT2D eigenvalue weighted by atomic mass is 10.0. The van der Waals surface area contributed by atoms with E-state index in [0.717, 1.165) is 38.2 Å². The Labute approximate surface area is 208 Å². The number of thiophene rings is 1. The summed E-state index contributed by atoms with van der Waals surface area (Å²) in [6.07, 6.45) is 2.62. The number of ether oxygens (including phenoxy) is 2. The number of carbonyl (C=O) groups is 1. The first-order chi connectivity index (χ1) is 17.1. The Kier molecular flexibility index (Phi) is 6.49. The molecule has 4 aromatic rings. The second-order valence-electron chi connectivity index (χ2n) is 8.51. The molecule has 0 aliphatic carbocycles. The van der Waals surface area contributed by atoms with Crippen LogP contribution in [0.5, 0.6) is 5.75 Å². The van der Waals surface area contributed by atoms with Crippen molar-refractivity contribution in [3.8, 4) is 33.4 Å². The van der Waals surface area contributed by atoms with E-state index in [1.807, 2.05) is 55.5 Å². The van der Waals surface area contributed by atoms with Crippen LogP contribution in [0.1, 0.15) is 29.3 Å². The second kappa shape index (κ2) is 9.87. The summed E-state index contributed by atoms with van der Waals surface area (Å²) in [6.45, 7) is 3.87. The number of aromatic nitrogens is 1. The summed E-state index contributed by atoms with van der Waals surface area (Å²) in [5, 5.41) is 9.74. The zero-order chi connectivity index (χ0) is 24.4. The minimum absolute atomic E-state index is 0.00973. The van der Waals surface area contributed by atoms with Crippen molar-refractivity contribution < 1.29 is 14.3 Å². The molecule has 0 bridgehead atoms. The van der Waals surface area contributed by atoms with Gasteiger partial charge in [0.15, 0.2) is 0 Å². The van der Waals surface area contributed by atoms with Crippen LogP contribution in [0, 0.1) is 11.3 Å². The molecule has 2 aromatic heterocycles. The number of hydrogen-bond acceptors (Lipinski definition) is 6.